The molecule has 1 N–H and O–H groups in total. The topological polar surface area (TPSA) is 72.8 Å². The number of carbonyl (C=O) groups is 2. The molecule has 2 aromatic rings. The Hall–Kier alpha value is -2.66. The van der Waals surface area contributed by atoms with E-state index in [1.807, 2.05) is 6.07 Å². The molecular formula is C17H16O5. The molecule has 5 heteroatoms. The van der Waals surface area contributed by atoms with E-state index >= 15 is 0 Å². The van der Waals surface area contributed by atoms with Crippen LogP contribution in [0.2, 0.25) is 0 Å². The van der Waals surface area contributed by atoms with Gasteiger partial charge in [-0.25, -0.2) is 0 Å². The van der Waals surface area contributed by atoms with Crippen LogP contribution in [-0.2, 0) is 9.53 Å². The lowest BCUT2D eigenvalue weighted by Crippen LogP contribution is -2.16. The van der Waals surface area contributed by atoms with E-state index in [2.05, 4.69) is 0 Å². The summed E-state index contributed by atoms with van der Waals surface area (Å²) in [6.45, 7) is -0.185. The van der Waals surface area contributed by atoms with Gasteiger partial charge in [0.05, 0.1) is 5.56 Å². The third kappa shape index (κ3) is 3.93. The van der Waals surface area contributed by atoms with Crippen LogP contribution < -0.4 is 4.74 Å². The summed E-state index contributed by atoms with van der Waals surface area (Å²) in [4.78, 5) is 23.6. The van der Waals surface area contributed by atoms with Crippen molar-refractivity contribution >= 4 is 11.6 Å². The molecule has 0 atom stereocenters. The van der Waals surface area contributed by atoms with Gasteiger partial charge >= 0.3 is 0 Å². The van der Waals surface area contributed by atoms with Crippen LogP contribution in [-0.4, -0.2) is 37.0 Å². The van der Waals surface area contributed by atoms with Crippen LogP contribution in [0.1, 0.15) is 15.9 Å². The Balaban J connectivity index is 2.10. The number of hydrogen-bond donors (Lipinski definition) is 1. The summed E-state index contributed by atoms with van der Waals surface area (Å²) >= 11 is 0. The molecule has 2 rings (SSSR count). The summed E-state index contributed by atoms with van der Waals surface area (Å²) in [5, 5.41) is 9.98. The second-order valence-electron chi connectivity index (χ2n) is 4.63. The maximum Gasteiger partial charge on any atom is 0.196 e. The standard InChI is InChI=1S/C17H16O5/c1-21-10-13(18)11-22-14-7-8-15(16(19)9-14)17(20)12-5-3-2-4-6-12/h2-9,19H,10-11H2,1H3. The fourth-order valence-corrected chi connectivity index (χ4v) is 1.90. The van der Waals surface area contributed by atoms with Gasteiger partial charge in [-0.05, 0) is 12.1 Å². The van der Waals surface area contributed by atoms with Crippen molar-refractivity contribution in [3.8, 4) is 11.5 Å². The molecule has 0 aliphatic heterocycles. The molecule has 0 saturated carbocycles. The van der Waals surface area contributed by atoms with Crippen molar-refractivity contribution in [1.82, 2.24) is 0 Å². The lowest BCUT2D eigenvalue weighted by molar-refractivity contribution is -0.124. The summed E-state index contributed by atoms with van der Waals surface area (Å²) < 4.78 is 9.93. The zero-order chi connectivity index (χ0) is 15.9. The highest BCUT2D eigenvalue weighted by Gasteiger charge is 2.14. The van der Waals surface area contributed by atoms with E-state index in [1.54, 1.807) is 24.3 Å². The summed E-state index contributed by atoms with van der Waals surface area (Å²) in [5.74, 6) is -0.372. The average molecular weight is 300 g/mol. The van der Waals surface area contributed by atoms with Crippen molar-refractivity contribution in [2.75, 3.05) is 20.3 Å². The molecule has 5 nitrogen and oxygen atoms in total. The molecule has 0 aliphatic rings. The first-order chi connectivity index (χ1) is 10.6. The van der Waals surface area contributed by atoms with E-state index in [4.69, 9.17) is 9.47 Å². The van der Waals surface area contributed by atoms with Crippen molar-refractivity contribution < 1.29 is 24.2 Å². The van der Waals surface area contributed by atoms with Crippen LogP contribution in [0.3, 0.4) is 0 Å². The first-order valence-corrected chi connectivity index (χ1v) is 6.68. The number of phenolic OH excluding ortho intramolecular Hbond substituents is 1. The SMILES string of the molecule is COCC(=O)COc1ccc(C(=O)c2ccccc2)c(O)c1. The largest absolute Gasteiger partial charge is 0.507 e. The van der Waals surface area contributed by atoms with E-state index in [1.165, 1.54) is 25.3 Å². The summed E-state index contributed by atoms with van der Waals surface area (Å²) in [6, 6.07) is 13.0. The monoisotopic (exact) mass is 300 g/mol. The predicted molar refractivity (Wildman–Crippen MR) is 80.4 cm³/mol. The molecule has 0 aliphatic carbocycles. The Morgan fingerprint density at radius 2 is 1.77 bits per heavy atom. The Morgan fingerprint density at radius 1 is 1.05 bits per heavy atom. The van der Waals surface area contributed by atoms with E-state index in [-0.39, 0.29) is 36.1 Å². The summed E-state index contributed by atoms with van der Waals surface area (Å²) in [6.07, 6.45) is 0. The molecule has 0 bridgehead atoms. The lowest BCUT2D eigenvalue weighted by Gasteiger charge is -2.08. The van der Waals surface area contributed by atoms with Crippen LogP contribution in [0.15, 0.2) is 48.5 Å². The molecule has 0 spiro atoms. The number of benzene rings is 2. The number of Topliss-reactive ketones (excluding diaryl/α,β-unsaturated/α-hetero) is 1. The number of carbonyl (C=O) groups excluding carboxylic acids is 2. The highest BCUT2D eigenvalue weighted by molar-refractivity contribution is 6.10. The van der Waals surface area contributed by atoms with Crippen molar-refractivity contribution in [3.63, 3.8) is 0 Å². The van der Waals surface area contributed by atoms with Crippen LogP contribution in [0, 0.1) is 0 Å². The van der Waals surface area contributed by atoms with Crippen LogP contribution >= 0.6 is 0 Å². The van der Waals surface area contributed by atoms with Gasteiger partial charge in [-0.1, -0.05) is 30.3 Å². The van der Waals surface area contributed by atoms with E-state index in [0.717, 1.165) is 0 Å². The van der Waals surface area contributed by atoms with Crippen LogP contribution in [0.5, 0.6) is 11.5 Å². The van der Waals surface area contributed by atoms with Gasteiger partial charge in [0, 0.05) is 18.7 Å². The quantitative estimate of drug-likeness (QED) is 0.794. The second-order valence-corrected chi connectivity index (χ2v) is 4.63. The Kier molecular flexibility index (Phi) is 5.27. The number of methoxy groups -OCH3 is 1. The Labute approximate surface area is 128 Å². The van der Waals surface area contributed by atoms with Crippen molar-refractivity contribution in [3.05, 3.63) is 59.7 Å². The van der Waals surface area contributed by atoms with Crippen LogP contribution in [0.25, 0.3) is 0 Å². The minimum absolute atomic E-state index is 0.0312. The van der Waals surface area contributed by atoms with E-state index < -0.39 is 0 Å². The van der Waals surface area contributed by atoms with E-state index in [0.29, 0.717) is 11.3 Å². The highest BCUT2D eigenvalue weighted by atomic mass is 16.5. The molecule has 0 unspecified atom stereocenters. The third-order valence-corrected chi connectivity index (χ3v) is 2.95. The summed E-state index contributed by atoms with van der Waals surface area (Å²) in [7, 11) is 1.42. The Bertz CT molecular complexity index is 664. The molecule has 22 heavy (non-hydrogen) atoms. The van der Waals surface area contributed by atoms with Gasteiger partial charge in [-0.2, -0.15) is 0 Å². The average Bonchev–Trinajstić information content (AvgIpc) is 2.53. The normalized spacial score (nSPS) is 10.2. The number of rotatable bonds is 7. The fourth-order valence-electron chi connectivity index (χ4n) is 1.90. The first-order valence-electron chi connectivity index (χ1n) is 6.68. The zero-order valence-electron chi connectivity index (χ0n) is 12.1. The van der Waals surface area contributed by atoms with Gasteiger partial charge in [0.2, 0.25) is 0 Å². The van der Waals surface area contributed by atoms with Crippen LogP contribution in [0.4, 0.5) is 0 Å². The van der Waals surface area contributed by atoms with Crippen molar-refractivity contribution in [2.24, 2.45) is 0 Å². The van der Waals surface area contributed by atoms with Gasteiger partial charge in [-0.3, -0.25) is 9.59 Å². The lowest BCUT2D eigenvalue weighted by atomic mass is 10.0. The first kappa shape index (κ1) is 15.7. The number of ether oxygens (including phenoxy) is 2. The number of hydrogen-bond acceptors (Lipinski definition) is 5. The highest BCUT2D eigenvalue weighted by Crippen LogP contribution is 2.25. The Morgan fingerprint density at radius 3 is 2.41 bits per heavy atom. The molecule has 0 fully saturated rings. The zero-order valence-corrected chi connectivity index (χ0v) is 12.1. The minimum Gasteiger partial charge on any atom is -0.507 e. The van der Waals surface area contributed by atoms with Gasteiger partial charge in [0.1, 0.15) is 24.7 Å². The molecule has 0 heterocycles. The van der Waals surface area contributed by atoms with Gasteiger partial charge in [0.25, 0.3) is 0 Å². The van der Waals surface area contributed by atoms with Crippen molar-refractivity contribution in [1.29, 1.82) is 0 Å². The maximum absolute atomic E-state index is 12.3. The second kappa shape index (κ2) is 7.38. The maximum atomic E-state index is 12.3. The number of phenols is 1. The summed E-state index contributed by atoms with van der Waals surface area (Å²) in [5.41, 5.74) is 0.670. The molecule has 2 aromatic carbocycles. The van der Waals surface area contributed by atoms with Gasteiger partial charge < -0.3 is 14.6 Å². The molecule has 114 valence electrons. The molecule has 0 saturated heterocycles. The number of aromatic hydroxyl groups is 1. The molecule has 0 amide bonds. The molecule has 0 radical (unpaired) electrons. The predicted octanol–water partition coefficient (Wildman–Crippen LogP) is 2.22. The number of ketones is 2. The smallest absolute Gasteiger partial charge is 0.196 e. The minimum atomic E-state index is -0.278. The molecular weight excluding hydrogens is 284 g/mol. The third-order valence-electron chi connectivity index (χ3n) is 2.95. The molecule has 0 aromatic heterocycles. The van der Waals surface area contributed by atoms with Gasteiger partial charge in [-0.15, -0.1) is 0 Å². The fraction of sp³-hybridized carbons (Fsp3) is 0.176. The van der Waals surface area contributed by atoms with E-state index in [9.17, 15) is 14.7 Å². The van der Waals surface area contributed by atoms with Crippen molar-refractivity contribution in [2.45, 2.75) is 0 Å². The van der Waals surface area contributed by atoms with Gasteiger partial charge in [0.15, 0.2) is 11.6 Å².